The minimum Gasteiger partial charge on any atom is -0.356 e. The molecule has 148 valence electrons. The summed E-state index contributed by atoms with van der Waals surface area (Å²) in [6.45, 7) is 1.65. The van der Waals surface area contributed by atoms with Crippen LogP contribution in [0.3, 0.4) is 0 Å². The lowest BCUT2D eigenvalue weighted by Crippen LogP contribution is -2.37. The molecule has 0 radical (unpaired) electrons. The van der Waals surface area contributed by atoms with Gasteiger partial charge in [-0.25, -0.2) is 4.79 Å². The maximum Gasteiger partial charge on any atom is 0.315 e. The zero-order valence-electron chi connectivity index (χ0n) is 15.2. The maximum atomic E-state index is 11.9. The first-order valence-corrected chi connectivity index (χ1v) is 10.6. The quantitative estimate of drug-likeness (QED) is 0.240. The molecule has 2 aliphatic rings. The SMILES string of the molecule is NCCNC(=O)CCCCCNC(=O)CCC[C@@H]1SC[C@@H]2NC(=O)N[C@@H]21. The predicted octanol–water partition coefficient (Wildman–Crippen LogP) is 0.0736. The van der Waals surface area contributed by atoms with Gasteiger partial charge in [0.05, 0.1) is 12.1 Å². The number of rotatable bonds is 12. The van der Waals surface area contributed by atoms with Crippen LogP contribution in [0.1, 0.15) is 44.9 Å². The normalized spacial score (nSPS) is 23.9. The lowest BCUT2D eigenvalue weighted by Gasteiger charge is -2.16. The van der Waals surface area contributed by atoms with E-state index < -0.39 is 0 Å². The number of carbonyl (C=O) groups is 3. The van der Waals surface area contributed by atoms with Crippen molar-refractivity contribution in [1.82, 2.24) is 21.3 Å². The molecule has 2 heterocycles. The van der Waals surface area contributed by atoms with Crippen molar-refractivity contribution in [2.45, 2.75) is 62.3 Å². The van der Waals surface area contributed by atoms with Gasteiger partial charge in [0.2, 0.25) is 11.8 Å². The van der Waals surface area contributed by atoms with Gasteiger partial charge >= 0.3 is 6.03 Å². The Morgan fingerprint density at radius 3 is 2.54 bits per heavy atom. The van der Waals surface area contributed by atoms with Gasteiger partial charge in [0.25, 0.3) is 0 Å². The third kappa shape index (κ3) is 7.03. The molecule has 26 heavy (non-hydrogen) atoms. The standard InChI is InChI=1S/C17H31N5O3S/c18-8-10-20-14(23)6-2-1-3-9-19-15(24)7-4-5-13-16-12(11-26-13)21-17(25)22-16/h12-13,16H,1-11,18H2,(H,19,24)(H,20,23)(H2,21,22,25)/t12-,13-,16-/m0/s1. The van der Waals surface area contributed by atoms with Crippen LogP contribution in [0.25, 0.3) is 0 Å². The van der Waals surface area contributed by atoms with Crippen LogP contribution < -0.4 is 27.0 Å². The van der Waals surface area contributed by atoms with Gasteiger partial charge in [-0.05, 0) is 25.7 Å². The molecule has 0 aliphatic carbocycles. The zero-order chi connectivity index (χ0) is 18.8. The van der Waals surface area contributed by atoms with Crippen LogP contribution in [-0.2, 0) is 9.59 Å². The lowest BCUT2D eigenvalue weighted by molar-refractivity contribution is -0.122. The maximum absolute atomic E-state index is 11.9. The van der Waals surface area contributed by atoms with Crippen molar-refractivity contribution >= 4 is 29.6 Å². The van der Waals surface area contributed by atoms with E-state index in [1.54, 1.807) is 0 Å². The molecule has 2 fully saturated rings. The van der Waals surface area contributed by atoms with Crippen molar-refractivity contribution in [1.29, 1.82) is 0 Å². The first-order valence-electron chi connectivity index (χ1n) is 9.52. The van der Waals surface area contributed by atoms with E-state index in [4.69, 9.17) is 5.73 Å². The van der Waals surface area contributed by atoms with Gasteiger partial charge in [0, 0.05) is 43.5 Å². The van der Waals surface area contributed by atoms with Crippen LogP contribution in [0.2, 0.25) is 0 Å². The summed E-state index contributed by atoms with van der Waals surface area (Å²) in [4.78, 5) is 34.6. The van der Waals surface area contributed by atoms with E-state index in [1.807, 2.05) is 11.8 Å². The minimum absolute atomic E-state index is 0.0418. The average molecular weight is 386 g/mol. The summed E-state index contributed by atoms with van der Waals surface area (Å²) in [5.74, 6) is 1.07. The Balaban J connectivity index is 1.43. The molecular formula is C17H31N5O3S. The average Bonchev–Trinajstić information content (AvgIpc) is 3.16. The molecule has 9 heteroatoms. The summed E-state index contributed by atoms with van der Waals surface area (Å²) >= 11 is 1.87. The third-order valence-corrected chi connectivity index (χ3v) is 6.21. The Bertz CT molecular complexity index is 491. The number of nitrogens with one attached hydrogen (secondary N) is 4. The highest BCUT2D eigenvalue weighted by Gasteiger charge is 2.42. The molecule has 0 saturated carbocycles. The molecule has 2 aliphatic heterocycles. The Hall–Kier alpha value is -1.48. The van der Waals surface area contributed by atoms with E-state index in [0.29, 0.717) is 37.7 Å². The van der Waals surface area contributed by atoms with E-state index in [-0.39, 0.29) is 29.9 Å². The highest BCUT2D eigenvalue weighted by molar-refractivity contribution is 8.00. The fourth-order valence-electron chi connectivity index (χ4n) is 3.31. The molecule has 6 N–H and O–H groups in total. The van der Waals surface area contributed by atoms with Gasteiger partial charge in [0.15, 0.2) is 0 Å². The van der Waals surface area contributed by atoms with Crippen LogP contribution in [0.5, 0.6) is 0 Å². The topological polar surface area (TPSA) is 125 Å². The summed E-state index contributed by atoms with van der Waals surface area (Å²) < 4.78 is 0. The van der Waals surface area contributed by atoms with Gasteiger partial charge in [-0.2, -0.15) is 11.8 Å². The molecule has 0 unspecified atom stereocenters. The highest BCUT2D eigenvalue weighted by Crippen LogP contribution is 2.32. The van der Waals surface area contributed by atoms with E-state index in [1.165, 1.54) is 0 Å². The first kappa shape index (κ1) is 20.8. The number of thioether (sulfide) groups is 1. The van der Waals surface area contributed by atoms with E-state index in [9.17, 15) is 14.4 Å². The molecule has 0 spiro atoms. The van der Waals surface area contributed by atoms with Gasteiger partial charge in [-0.3, -0.25) is 9.59 Å². The fraction of sp³-hybridized carbons (Fsp3) is 0.824. The molecule has 0 aromatic heterocycles. The van der Waals surface area contributed by atoms with Crippen molar-refractivity contribution in [2.75, 3.05) is 25.4 Å². The predicted molar refractivity (Wildman–Crippen MR) is 103 cm³/mol. The Morgan fingerprint density at radius 1 is 1.04 bits per heavy atom. The Morgan fingerprint density at radius 2 is 1.77 bits per heavy atom. The molecule has 0 aromatic rings. The van der Waals surface area contributed by atoms with Crippen LogP contribution >= 0.6 is 11.8 Å². The number of hydrogen-bond acceptors (Lipinski definition) is 5. The molecule has 0 aromatic carbocycles. The molecule has 0 bridgehead atoms. The second kappa shape index (κ2) is 11.3. The lowest BCUT2D eigenvalue weighted by atomic mass is 10.0. The molecule has 2 saturated heterocycles. The van der Waals surface area contributed by atoms with Crippen molar-refractivity contribution in [3.63, 3.8) is 0 Å². The van der Waals surface area contributed by atoms with E-state index in [0.717, 1.165) is 37.9 Å². The molecule has 3 atom stereocenters. The van der Waals surface area contributed by atoms with Crippen molar-refractivity contribution < 1.29 is 14.4 Å². The molecule has 2 rings (SSSR count). The summed E-state index contributed by atoms with van der Waals surface area (Å²) in [5, 5.41) is 12.0. The second-order valence-corrected chi connectivity index (χ2v) is 8.09. The number of amides is 4. The monoisotopic (exact) mass is 385 g/mol. The smallest absolute Gasteiger partial charge is 0.315 e. The van der Waals surface area contributed by atoms with Gasteiger partial charge in [-0.1, -0.05) is 6.42 Å². The Kier molecular flexibility index (Phi) is 9.04. The fourth-order valence-corrected chi connectivity index (χ4v) is 4.85. The van der Waals surface area contributed by atoms with Gasteiger partial charge in [0.1, 0.15) is 0 Å². The molecular weight excluding hydrogens is 354 g/mol. The van der Waals surface area contributed by atoms with Crippen molar-refractivity contribution in [2.24, 2.45) is 5.73 Å². The number of fused-ring (bicyclic) bond motifs is 1. The molecule has 8 nitrogen and oxygen atoms in total. The number of unbranched alkanes of at least 4 members (excludes halogenated alkanes) is 2. The zero-order valence-corrected chi connectivity index (χ0v) is 16.0. The minimum atomic E-state index is -0.0695. The van der Waals surface area contributed by atoms with Crippen molar-refractivity contribution in [3.8, 4) is 0 Å². The van der Waals surface area contributed by atoms with Crippen LogP contribution in [0, 0.1) is 0 Å². The largest absolute Gasteiger partial charge is 0.356 e. The molecule has 4 amide bonds. The van der Waals surface area contributed by atoms with Crippen LogP contribution in [0.4, 0.5) is 4.79 Å². The highest BCUT2D eigenvalue weighted by atomic mass is 32.2. The number of carbonyl (C=O) groups excluding carboxylic acids is 3. The Labute approximate surface area is 159 Å². The number of urea groups is 1. The van der Waals surface area contributed by atoms with E-state index in [2.05, 4.69) is 21.3 Å². The summed E-state index contributed by atoms with van der Waals surface area (Å²) in [5.41, 5.74) is 5.32. The number of hydrogen-bond donors (Lipinski definition) is 5. The summed E-state index contributed by atoms with van der Waals surface area (Å²) in [6, 6.07) is 0.376. The second-order valence-electron chi connectivity index (χ2n) is 6.81. The third-order valence-electron chi connectivity index (χ3n) is 4.70. The van der Waals surface area contributed by atoms with E-state index >= 15 is 0 Å². The van der Waals surface area contributed by atoms with Gasteiger partial charge < -0.3 is 27.0 Å². The summed E-state index contributed by atoms with van der Waals surface area (Å²) in [6.07, 6.45) is 5.45. The van der Waals surface area contributed by atoms with Crippen molar-refractivity contribution in [3.05, 3.63) is 0 Å². The summed E-state index contributed by atoms with van der Waals surface area (Å²) in [7, 11) is 0. The van der Waals surface area contributed by atoms with Crippen LogP contribution in [0.15, 0.2) is 0 Å². The first-order chi connectivity index (χ1) is 12.6. The van der Waals surface area contributed by atoms with Gasteiger partial charge in [-0.15, -0.1) is 0 Å². The number of nitrogens with two attached hydrogens (primary N) is 1. The van der Waals surface area contributed by atoms with Crippen LogP contribution in [-0.4, -0.2) is 60.6 Å².